The highest BCUT2D eigenvalue weighted by Crippen LogP contribution is 2.48. The van der Waals surface area contributed by atoms with E-state index in [9.17, 15) is 9.59 Å². The van der Waals surface area contributed by atoms with Gasteiger partial charge in [0.05, 0.1) is 24.3 Å². The molecule has 3 atom stereocenters. The number of hydrogen-bond donors (Lipinski definition) is 0. The molecule has 0 aromatic carbocycles. The minimum Gasteiger partial charge on any atom is -0.468 e. The number of carbonyl (C=O) groups excluding carboxylic acids is 2. The number of carbonyl (C=O) groups is 2. The van der Waals surface area contributed by atoms with Gasteiger partial charge >= 0.3 is 0 Å². The van der Waals surface area contributed by atoms with Crippen LogP contribution in [0.2, 0.25) is 0 Å². The van der Waals surface area contributed by atoms with Gasteiger partial charge in [0.1, 0.15) is 11.5 Å². The summed E-state index contributed by atoms with van der Waals surface area (Å²) in [6, 6.07) is 3.72. The van der Waals surface area contributed by atoms with Crippen molar-refractivity contribution in [1.29, 1.82) is 0 Å². The fourth-order valence-electron chi connectivity index (χ4n) is 3.90. The molecule has 3 heterocycles. The summed E-state index contributed by atoms with van der Waals surface area (Å²) in [5.74, 6) is 1.13. The molecule has 5 nitrogen and oxygen atoms in total. The monoisotopic (exact) mass is 260 g/mol. The molecule has 0 unspecified atom stereocenters. The molecule has 1 saturated carbocycles. The van der Waals surface area contributed by atoms with Crippen molar-refractivity contribution in [1.82, 2.24) is 10.0 Å². The second-order valence-electron chi connectivity index (χ2n) is 5.56. The van der Waals surface area contributed by atoms with Crippen LogP contribution in [0, 0.1) is 5.92 Å². The Bertz CT molecular complexity index is 525. The molecule has 0 N–H and O–H groups in total. The summed E-state index contributed by atoms with van der Waals surface area (Å²) in [6.07, 6.45) is 4.64. The first-order valence-electron chi connectivity index (χ1n) is 6.92. The van der Waals surface area contributed by atoms with Gasteiger partial charge in [-0.25, -0.2) is 5.01 Å². The molecule has 0 radical (unpaired) electrons. The van der Waals surface area contributed by atoms with Gasteiger partial charge in [-0.15, -0.1) is 0 Å². The predicted octanol–water partition coefficient (Wildman–Crippen LogP) is 1.52. The molecule has 1 aromatic rings. The second-order valence-corrected chi connectivity index (χ2v) is 5.56. The summed E-state index contributed by atoms with van der Waals surface area (Å²) in [7, 11) is 0. The van der Waals surface area contributed by atoms with Crippen LogP contribution >= 0.6 is 0 Å². The minimum absolute atomic E-state index is 0.0475. The van der Waals surface area contributed by atoms with Gasteiger partial charge in [0.2, 0.25) is 5.91 Å². The zero-order valence-corrected chi connectivity index (χ0v) is 10.6. The van der Waals surface area contributed by atoms with E-state index in [2.05, 4.69) is 5.01 Å². The maximum atomic E-state index is 12.3. The van der Waals surface area contributed by atoms with E-state index in [1.165, 1.54) is 0 Å². The molecule has 3 aliphatic rings. The number of furan rings is 1. The van der Waals surface area contributed by atoms with Crippen LogP contribution in [0.4, 0.5) is 0 Å². The van der Waals surface area contributed by atoms with Crippen molar-refractivity contribution in [3.63, 3.8) is 0 Å². The van der Waals surface area contributed by atoms with E-state index in [-0.39, 0.29) is 29.7 Å². The van der Waals surface area contributed by atoms with E-state index in [1.54, 1.807) is 6.26 Å². The van der Waals surface area contributed by atoms with Crippen LogP contribution in [0.15, 0.2) is 22.8 Å². The number of ketones is 1. The van der Waals surface area contributed by atoms with Crippen LogP contribution in [0.3, 0.4) is 0 Å². The number of fused-ring (bicyclic) bond motifs is 3. The maximum absolute atomic E-state index is 12.3. The summed E-state index contributed by atoms with van der Waals surface area (Å²) >= 11 is 0. The second kappa shape index (κ2) is 3.93. The van der Waals surface area contributed by atoms with E-state index >= 15 is 0 Å². The van der Waals surface area contributed by atoms with Gasteiger partial charge in [-0.2, -0.15) is 0 Å². The van der Waals surface area contributed by atoms with E-state index in [0.717, 1.165) is 18.6 Å². The van der Waals surface area contributed by atoms with Crippen LogP contribution in [0.1, 0.15) is 37.5 Å². The first kappa shape index (κ1) is 11.2. The zero-order chi connectivity index (χ0) is 13.0. The Morgan fingerprint density at radius 1 is 1.26 bits per heavy atom. The van der Waals surface area contributed by atoms with E-state index in [0.29, 0.717) is 19.4 Å². The quantitative estimate of drug-likeness (QED) is 0.768. The van der Waals surface area contributed by atoms with Crippen molar-refractivity contribution < 1.29 is 14.0 Å². The molecule has 5 heteroatoms. The normalized spacial score (nSPS) is 34.7. The Balaban J connectivity index is 1.79. The van der Waals surface area contributed by atoms with Gasteiger partial charge in [-0.3, -0.25) is 14.6 Å². The van der Waals surface area contributed by atoms with Crippen LogP contribution in [0.25, 0.3) is 0 Å². The Labute approximate surface area is 111 Å². The highest BCUT2D eigenvalue weighted by molar-refractivity contribution is 5.86. The predicted molar refractivity (Wildman–Crippen MR) is 65.8 cm³/mol. The molecule has 1 aromatic heterocycles. The molecular formula is C14H16N2O3. The standard InChI is InChI=1S/C14H16N2O3/c17-10-4-1-3-9-13(10)14(11-5-2-8-19-11)15-7-6-12(18)16(9)15/h2,5,8-9,13-14H,1,3-4,6-7H2/t9-,13-,14-/m1/s1. The fraction of sp³-hybridized carbons (Fsp3) is 0.571. The number of hydrogen-bond acceptors (Lipinski definition) is 4. The number of rotatable bonds is 1. The van der Waals surface area contributed by atoms with Crippen molar-refractivity contribution in [2.75, 3.05) is 6.54 Å². The summed E-state index contributed by atoms with van der Waals surface area (Å²) in [6.45, 7) is 0.699. The third kappa shape index (κ3) is 1.45. The van der Waals surface area contributed by atoms with Crippen molar-refractivity contribution >= 4 is 11.7 Å². The van der Waals surface area contributed by atoms with Crippen LogP contribution in [0.5, 0.6) is 0 Å². The van der Waals surface area contributed by atoms with Crippen LogP contribution < -0.4 is 0 Å². The molecule has 1 amide bonds. The van der Waals surface area contributed by atoms with Crippen LogP contribution in [-0.2, 0) is 9.59 Å². The lowest BCUT2D eigenvalue weighted by atomic mass is 9.79. The SMILES string of the molecule is O=C1CCC[C@@H]2[C@H]1[C@@H](c1ccco1)N1CCC(=O)N21. The fourth-order valence-corrected chi connectivity index (χ4v) is 3.90. The lowest BCUT2D eigenvalue weighted by molar-refractivity contribution is -0.139. The average molecular weight is 260 g/mol. The van der Waals surface area contributed by atoms with E-state index < -0.39 is 0 Å². The minimum atomic E-state index is -0.107. The van der Waals surface area contributed by atoms with E-state index in [1.807, 2.05) is 17.1 Å². The van der Waals surface area contributed by atoms with Crippen molar-refractivity contribution in [3.8, 4) is 0 Å². The van der Waals surface area contributed by atoms with Gasteiger partial charge in [-0.05, 0) is 25.0 Å². The Morgan fingerprint density at radius 3 is 2.95 bits per heavy atom. The molecule has 1 aliphatic carbocycles. The van der Waals surface area contributed by atoms with Crippen molar-refractivity contribution in [2.24, 2.45) is 5.92 Å². The molecule has 0 bridgehead atoms. The first-order chi connectivity index (χ1) is 9.27. The van der Waals surface area contributed by atoms with Crippen LogP contribution in [-0.4, -0.2) is 34.3 Å². The average Bonchev–Trinajstić information content (AvgIpc) is 3.07. The topological polar surface area (TPSA) is 53.8 Å². The highest BCUT2D eigenvalue weighted by Gasteiger charge is 2.56. The summed E-state index contributed by atoms with van der Waals surface area (Å²) < 4.78 is 5.53. The number of Topliss-reactive ketones (excluding diaryl/α,β-unsaturated/α-hetero) is 1. The van der Waals surface area contributed by atoms with Gasteiger partial charge in [0.25, 0.3) is 0 Å². The van der Waals surface area contributed by atoms with E-state index in [4.69, 9.17) is 4.42 Å². The smallest absolute Gasteiger partial charge is 0.238 e. The summed E-state index contributed by atoms with van der Waals surface area (Å²) in [5, 5.41) is 3.90. The number of nitrogens with zero attached hydrogens (tertiary/aromatic N) is 2. The molecule has 100 valence electrons. The maximum Gasteiger partial charge on any atom is 0.238 e. The number of amides is 1. The molecule has 2 saturated heterocycles. The lowest BCUT2D eigenvalue weighted by Crippen LogP contribution is -2.42. The molecule has 2 aliphatic heterocycles. The van der Waals surface area contributed by atoms with Gasteiger partial charge in [-0.1, -0.05) is 0 Å². The van der Waals surface area contributed by atoms with Gasteiger partial charge < -0.3 is 4.42 Å². The molecule has 4 rings (SSSR count). The summed E-state index contributed by atoms with van der Waals surface area (Å²) in [4.78, 5) is 24.4. The Kier molecular flexibility index (Phi) is 2.33. The Morgan fingerprint density at radius 2 is 2.16 bits per heavy atom. The Hall–Kier alpha value is -1.62. The van der Waals surface area contributed by atoms with Gasteiger partial charge in [0, 0.05) is 19.4 Å². The zero-order valence-electron chi connectivity index (χ0n) is 10.6. The number of hydrazine groups is 1. The largest absolute Gasteiger partial charge is 0.468 e. The van der Waals surface area contributed by atoms with Gasteiger partial charge in [0.15, 0.2) is 0 Å². The molecule has 0 spiro atoms. The third-order valence-corrected chi connectivity index (χ3v) is 4.61. The summed E-state index contributed by atoms with van der Waals surface area (Å²) in [5.41, 5.74) is 0. The first-order valence-corrected chi connectivity index (χ1v) is 6.92. The third-order valence-electron chi connectivity index (χ3n) is 4.61. The van der Waals surface area contributed by atoms with Crippen molar-refractivity contribution in [2.45, 2.75) is 37.8 Å². The molecule has 3 fully saturated rings. The lowest BCUT2D eigenvalue weighted by Gasteiger charge is -2.29. The highest BCUT2D eigenvalue weighted by atomic mass is 16.3. The van der Waals surface area contributed by atoms with Crippen molar-refractivity contribution in [3.05, 3.63) is 24.2 Å². The molecule has 19 heavy (non-hydrogen) atoms. The molecular weight excluding hydrogens is 244 g/mol.